The van der Waals surface area contributed by atoms with Gasteiger partial charge in [0, 0.05) is 19.8 Å². The zero-order chi connectivity index (χ0) is 11.3. The molecule has 1 aliphatic rings. The van der Waals surface area contributed by atoms with Gasteiger partial charge in [-0.15, -0.1) is 0 Å². The number of rotatable bonds is 3. The van der Waals surface area contributed by atoms with E-state index in [0.29, 0.717) is 6.61 Å². The normalized spacial score (nSPS) is 25.7. The van der Waals surface area contributed by atoms with Gasteiger partial charge in [-0.05, 0) is 19.3 Å². The van der Waals surface area contributed by atoms with Crippen molar-refractivity contribution >= 4 is 11.9 Å². The SMILES string of the molecule is CC(=O)OCC1CCCCC1OC(C)=O. The molecule has 0 aromatic rings. The van der Waals surface area contributed by atoms with Gasteiger partial charge in [-0.1, -0.05) is 6.42 Å². The molecule has 0 aliphatic heterocycles. The fraction of sp³-hybridized carbons (Fsp3) is 0.818. The fourth-order valence-electron chi connectivity index (χ4n) is 1.96. The smallest absolute Gasteiger partial charge is 0.302 e. The van der Waals surface area contributed by atoms with E-state index in [1.165, 1.54) is 13.8 Å². The van der Waals surface area contributed by atoms with Crippen LogP contribution in [0.1, 0.15) is 39.5 Å². The summed E-state index contributed by atoms with van der Waals surface area (Å²) in [5.41, 5.74) is 0. The maximum absolute atomic E-state index is 10.9. The Labute approximate surface area is 89.9 Å². The van der Waals surface area contributed by atoms with E-state index in [9.17, 15) is 9.59 Å². The fourth-order valence-corrected chi connectivity index (χ4v) is 1.96. The van der Waals surface area contributed by atoms with Gasteiger partial charge in [0.15, 0.2) is 0 Å². The highest BCUT2D eigenvalue weighted by atomic mass is 16.6. The van der Waals surface area contributed by atoms with Gasteiger partial charge >= 0.3 is 11.9 Å². The molecule has 2 unspecified atom stereocenters. The van der Waals surface area contributed by atoms with Crippen LogP contribution >= 0.6 is 0 Å². The summed E-state index contributed by atoms with van der Waals surface area (Å²) in [6.45, 7) is 3.18. The van der Waals surface area contributed by atoms with Crippen molar-refractivity contribution in [1.29, 1.82) is 0 Å². The molecule has 0 saturated heterocycles. The molecule has 1 rings (SSSR count). The van der Waals surface area contributed by atoms with Crippen LogP contribution in [0.2, 0.25) is 0 Å². The third-order valence-corrected chi connectivity index (χ3v) is 2.66. The van der Waals surface area contributed by atoms with Crippen molar-refractivity contribution in [3.8, 4) is 0 Å². The van der Waals surface area contributed by atoms with Gasteiger partial charge in [0.1, 0.15) is 6.10 Å². The van der Waals surface area contributed by atoms with E-state index in [0.717, 1.165) is 25.7 Å². The Kier molecular flexibility index (Phi) is 4.59. The highest BCUT2D eigenvalue weighted by molar-refractivity contribution is 5.66. The van der Waals surface area contributed by atoms with Crippen LogP contribution in [-0.4, -0.2) is 24.6 Å². The number of ether oxygens (including phenoxy) is 2. The lowest BCUT2D eigenvalue weighted by atomic mass is 9.87. The molecular weight excluding hydrogens is 196 g/mol. The number of carbonyl (C=O) groups excluding carboxylic acids is 2. The summed E-state index contributed by atoms with van der Waals surface area (Å²) in [4.78, 5) is 21.6. The maximum Gasteiger partial charge on any atom is 0.302 e. The van der Waals surface area contributed by atoms with Crippen molar-refractivity contribution in [2.45, 2.75) is 45.6 Å². The van der Waals surface area contributed by atoms with Crippen molar-refractivity contribution in [1.82, 2.24) is 0 Å². The third kappa shape index (κ3) is 4.32. The van der Waals surface area contributed by atoms with Gasteiger partial charge in [-0.3, -0.25) is 9.59 Å². The summed E-state index contributed by atoms with van der Waals surface area (Å²) >= 11 is 0. The summed E-state index contributed by atoms with van der Waals surface area (Å²) in [5, 5.41) is 0. The molecule has 1 aliphatic carbocycles. The quantitative estimate of drug-likeness (QED) is 0.670. The van der Waals surface area contributed by atoms with E-state index in [4.69, 9.17) is 9.47 Å². The van der Waals surface area contributed by atoms with Crippen LogP contribution in [0.15, 0.2) is 0 Å². The Morgan fingerprint density at radius 3 is 2.40 bits per heavy atom. The second-order valence-corrected chi connectivity index (χ2v) is 4.00. The number of hydrogen-bond acceptors (Lipinski definition) is 4. The van der Waals surface area contributed by atoms with Gasteiger partial charge < -0.3 is 9.47 Å². The van der Waals surface area contributed by atoms with E-state index in [-0.39, 0.29) is 24.0 Å². The lowest BCUT2D eigenvalue weighted by Gasteiger charge is -2.30. The van der Waals surface area contributed by atoms with Crippen molar-refractivity contribution in [3.63, 3.8) is 0 Å². The lowest BCUT2D eigenvalue weighted by molar-refractivity contribution is -0.154. The lowest BCUT2D eigenvalue weighted by Crippen LogP contribution is -2.32. The Morgan fingerprint density at radius 1 is 1.13 bits per heavy atom. The predicted octanol–water partition coefficient (Wildman–Crippen LogP) is 1.67. The Hall–Kier alpha value is -1.06. The molecule has 4 nitrogen and oxygen atoms in total. The summed E-state index contributed by atoms with van der Waals surface area (Å²) in [6.07, 6.45) is 3.96. The molecule has 0 aromatic carbocycles. The van der Waals surface area contributed by atoms with Crippen LogP contribution in [-0.2, 0) is 19.1 Å². The zero-order valence-electron chi connectivity index (χ0n) is 9.32. The average Bonchev–Trinajstić information content (AvgIpc) is 2.15. The van der Waals surface area contributed by atoms with Gasteiger partial charge in [-0.2, -0.15) is 0 Å². The molecule has 2 atom stereocenters. The van der Waals surface area contributed by atoms with E-state index >= 15 is 0 Å². The Bertz CT molecular complexity index is 237. The second-order valence-electron chi connectivity index (χ2n) is 4.00. The molecule has 0 radical (unpaired) electrons. The molecule has 15 heavy (non-hydrogen) atoms. The summed E-state index contributed by atoms with van der Waals surface area (Å²) < 4.78 is 10.2. The van der Waals surface area contributed by atoms with Crippen LogP contribution in [0.25, 0.3) is 0 Å². The molecule has 0 aromatic heterocycles. The van der Waals surface area contributed by atoms with Gasteiger partial charge in [0.05, 0.1) is 6.61 Å². The van der Waals surface area contributed by atoms with Gasteiger partial charge in [-0.25, -0.2) is 0 Å². The minimum atomic E-state index is -0.276. The van der Waals surface area contributed by atoms with Crippen molar-refractivity contribution < 1.29 is 19.1 Å². The molecule has 1 saturated carbocycles. The number of carbonyl (C=O) groups is 2. The molecule has 0 bridgehead atoms. The van der Waals surface area contributed by atoms with Gasteiger partial charge in [0.2, 0.25) is 0 Å². The molecule has 0 spiro atoms. The summed E-state index contributed by atoms with van der Waals surface area (Å²) in [6, 6.07) is 0. The van der Waals surface area contributed by atoms with Crippen LogP contribution < -0.4 is 0 Å². The van der Waals surface area contributed by atoms with Crippen LogP contribution in [0.4, 0.5) is 0 Å². The molecule has 86 valence electrons. The number of hydrogen-bond donors (Lipinski definition) is 0. The van der Waals surface area contributed by atoms with E-state index in [2.05, 4.69) is 0 Å². The van der Waals surface area contributed by atoms with E-state index < -0.39 is 0 Å². The molecule has 0 N–H and O–H groups in total. The first-order valence-corrected chi connectivity index (χ1v) is 5.40. The maximum atomic E-state index is 10.9. The standard InChI is InChI=1S/C11H18O4/c1-8(12)14-7-10-5-3-4-6-11(10)15-9(2)13/h10-11H,3-7H2,1-2H3. The predicted molar refractivity (Wildman–Crippen MR) is 54.1 cm³/mol. The van der Waals surface area contributed by atoms with E-state index in [1.807, 2.05) is 0 Å². The summed E-state index contributed by atoms with van der Waals surface area (Å²) in [7, 11) is 0. The first-order valence-electron chi connectivity index (χ1n) is 5.40. The average molecular weight is 214 g/mol. The van der Waals surface area contributed by atoms with Gasteiger partial charge in [0.25, 0.3) is 0 Å². The third-order valence-electron chi connectivity index (χ3n) is 2.66. The minimum Gasteiger partial charge on any atom is -0.465 e. The monoisotopic (exact) mass is 214 g/mol. The molecular formula is C11H18O4. The first-order chi connectivity index (χ1) is 7.09. The van der Waals surface area contributed by atoms with Crippen LogP contribution in [0, 0.1) is 5.92 Å². The largest absolute Gasteiger partial charge is 0.465 e. The van der Waals surface area contributed by atoms with Crippen LogP contribution in [0.3, 0.4) is 0 Å². The molecule has 0 heterocycles. The molecule has 0 amide bonds. The summed E-state index contributed by atoms with van der Waals surface area (Å²) in [5.74, 6) is -0.358. The first kappa shape index (κ1) is 12.0. The van der Waals surface area contributed by atoms with E-state index in [1.54, 1.807) is 0 Å². The highest BCUT2D eigenvalue weighted by Crippen LogP contribution is 2.27. The van der Waals surface area contributed by atoms with Crippen LogP contribution in [0.5, 0.6) is 0 Å². The molecule has 4 heteroatoms. The molecule has 1 fully saturated rings. The Morgan fingerprint density at radius 2 is 1.80 bits per heavy atom. The van der Waals surface area contributed by atoms with Crippen molar-refractivity contribution in [2.75, 3.05) is 6.61 Å². The topological polar surface area (TPSA) is 52.6 Å². The Balaban J connectivity index is 2.42. The minimum absolute atomic E-state index is 0.0735. The zero-order valence-corrected chi connectivity index (χ0v) is 9.32. The highest BCUT2D eigenvalue weighted by Gasteiger charge is 2.28. The second kappa shape index (κ2) is 5.73. The van der Waals surface area contributed by atoms with Crippen molar-refractivity contribution in [2.24, 2.45) is 5.92 Å². The number of esters is 2. The van der Waals surface area contributed by atoms with Crippen molar-refractivity contribution in [3.05, 3.63) is 0 Å².